The summed E-state index contributed by atoms with van der Waals surface area (Å²) in [6.07, 6.45) is 2.92. The Morgan fingerprint density at radius 2 is 1.78 bits per heavy atom. The molecule has 2 aromatic rings. The van der Waals surface area contributed by atoms with Crippen molar-refractivity contribution in [2.45, 2.75) is 37.2 Å². The van der Waals surface area contributed by atoms with Crippen LogP contribution < -0.4 is 10.9 Å². The minimum Gasteiger partial charge on any atom is -0.348 e. The van der Waals surface area contributed by atoms with Gasteiger partial charge in [-0.05, 0) is 31.4 Å². The molecule has 1 aliphatic heterocycles. The van der Waals surface area contributed by atoms with Crippen molar-refractivity contribution in [1.29, 1.82) is 0 Å². The molecule has 8 heteroatoms. The van der Waals surface area contributed by atoms with Crippen LogP contribution in [0.4, 0.5) is 0 Å². The van der Waals surface area contributed by atoms with Crippen LogP contribution in [0.3, 0.4) is 0 Å². The molecule has 7 nitrogen and oxygen atoms in total. The molecule has 1 aliphatic rings. The Hall–Kier alpha value is -2.45. The number of rotatable bonds is 6. The first-order valence-electron chi connectivity index (χ1n) is 8.93. The van der Waals surface area contributed by atoms with Crippen molar-refractivity contribution in [3.05, 3.63) is 64.6 Å². The van der Waals surface area contributed by atoms with Gasteiger partial charge in [0.15, 0.2) is 0 Å². The summed E-state index contributed by atoms with van der Waals surface area (Å²) < 4.78 is 27.9. The van der Waals surface area contributed by atoms with Gasteiger partial charge in [0.05, 0.1) is 10.9 Å². The predicted octanol–water partition coefficient (Wildman–Crippen LogP) is 1.51. The molecule has 1 amide bonds. The van der Waals surface area contributed by atoms with Gasteiger partial charge in [0, 0.05) is 25.4 Å². The minimum atomic E-state index is -3.64. The zero-order valence-electron chi connectivity index (χ0n) is 15.2. The van der Waals surface area contributed by atoms with Gasteiger partial charge in [0.25, 0.3) is 5.56 Å². The van der Waals surface area contributed by atoms with Gasteiger partial charge in [0.2, 0.25) is 15.9 Å². The fourth-order valence-corrected chi connectivity index (χ4v) is 4.67. The normalized spacial score (nSPS) is 16.2. The Kier molecular flexibility index (Phi) is 5.76. The number of nitrogens with one attached hydrogen (secondary N) is 1. The maximum Gasteiger partial charge on any atom is 0.251 e. The largest absolute Gasteiger partial charge is 0.348 e. The lowest BCUT2D eigenvalue weighted by molar-refractivity contribution is -0.122. The van der Waals surface area contributed by atoms with Crippen molar-refractivity contribution in [2.75, 3.05) is 13.1 Å². The van der Waals surface area contributed by atoms with Crippen LogP contribution in [0.25, 0.3) is 0 Å². The quantitative estimate of drug-likeness (QED) is 0.811. The van der Waals surface area contributed by atoms with Crippen LogP contribution >= 0.6 is 0 Å². The second-order valence-corrected chi connectivity index (χ2v) is 8.58. The Morgan fingerprint density at radius 1 is 1.11 bits per heavy atom. The van der Waals surface area contributed by atoms with Crippen LogP contribution in [0.1, 0.15) is 31.4 Å². The van der Waals surface area contributed by atoms with Gasteiger partial charge in [-0.2, -0.15) is 4.31 Å². The van der Waals surface area contributed by atoms with Gasteiger partial charge < -0.3 is 9.88 Å². The summed E-state index contributed by atoms with van der Waals surface area (Å²) >= 11 is 0. The SMILES string of the molecule is CC(NC(=O)Cn1cc(S(=O)(=O)N2CCCC2)ccc1=O)c1ccccc1. The van der Waals surface area contributed by atoms with E-state index in [9.17, 15) is 18.0 Å². The smallest absolute Gasteiger partial charge is 0.251 e. The van der Waals surface area contributed by atoms with Crippen molar-refractivity contribution in [2.24, 2.45) is 0 Å². The molecule has 0 saturated carbocycles. The van der Waals surface area contributed by atoms with E-state index in [1.54, 1.807) is 0 Å². The van der Waals surface area contributed by atoms with Crippen LogP contribution in [-0.2, 0) is 21.4 Å². The van der Waals surface area contributed by atoms with Gasteiger partial charge in [-0.3, -0.25) is 9.59 Å². The summed E-state index contributed by atoms with van der Waals surface area (Å²) in [5, 5.41) is 2.83. The molecule has 1 fully saturated rings. The molecule has 144 valence electrons. The Morgan fingerprint density at radius 3 is 2.44 bits per heavy atom. The lowest BCUT2D eigenvalue weighted by Crippen LogP contribution is -2.34. The summed E-state index contributed by atoms with van der Waals surface area (Å²) in [4.78, 5) is 24.5. The Bertz CT molecular complexity index is 964. The molecule has 0 spiro atoms. The first kappa shape index (κ1) is 19.3. The first-order chi connectivity index (χ1) is 12.9. The number of aromatic nitrogens is 1. The van der Waals surface area contributed by atoms with Crippen molar-refractivity contribution in [3.8, 4) is 0 Å². The highest BCUT2D eigenvalue weighted by Crippen LogP contribution is 2.19. The number of pyridine rings is 1. The highest BCUT2D eigenvalue weighted by Gasteiger charge is 2.27. The van der Waals surface area contributed by atoms with E-state index in [1.807, 2.05) is 37.3 Å². The van der Waals surface area contributed by atoms with E-state index < -0.39 is 15.6 Å². The lowest BCUT2D eigenvalue weighted by Gasteiger charge is -2.17. The number of nitrogens with zero attached hydrogens (tertiary/aromatic N) is 2. The zero-order chi connectivity index (χ0) is 19.4. The highest BCUT2D eigenvalue weighted by atomic mass is 32.2. The summed E-state index contributed by atoms with van der Waals surface area (Å²) in [5.41, 5.74) is 0.529. The predicted molar refractivity (Wildman–Crippen MR) is 102 cm³/mol. The van der Waals surface area contributed by atoms with Gasteiger partial charge in [-0.15, -0.1) is 0 Å². The molecule has 1 saturated heterocycles. The van der Waals surface area contributed by atoms with Crippen LogP contribution in [-0.4, -0.2) is 36.3 Å². The zero-order valence-corrected chi connectivity index (χ0v) is 16.0. The van der Waals surface area contributed by atoms with Crippen LogP contribution in [0, 0.1) is 0 Å². The second kappa shape index (κ2) is 8.06. The van der Waals surface area contributed by atoms with Crippen molar-refractivity contribution >= 4 is 15.9 Å². The molecule has 1 aromatic heterocycles. The van der Waals surface area contributed by atoms with Gasteiger partial charge in [-0.25, -0.2) is 8.42 Å². The summed E-state index contributed by atoms with van der Waals surface area (Å²) in [7, 11) is -3.64. The molecule has 27 heavy (non-hydrogen) atoms. The summed E-state index contributed by atoms with van der Waals surface area (Å²) in [6, 6.07) is 11.7. The van der Waals surface area contributed by atoms with Crippen LogP contribution in [0.2, 0.25) is 0 Å². The molecule has 2 heterocycles. The van der Waals surface area contributed by atoms with Crippen LogP contribution in [0.5, 0.6) is 0 Å². The molecule has 1 unspecified atom stereocenters. The van der Waals surface area contributed by atoms with Gasteiger partial charge in [-0.1, -0.05) is 30.3 Å². The number of carbonyl (C=O) groups is 1. The summed E-state index contributed by atoms with van der Waals surface area (Å²) in [6.45, 7) is 2.58. The number of hydrogen-bond donors (Lipinski definition) is 1. The van der Waals surface area contributed by atoms with Crippen molar-refractivity contribution in [3.63, 3.8) is 0 Å². The summed E-state index contributed by atoms with van der Waals surface area (Å²) in [5.74, 6) is -0.357. The number of carbonyl (C=O) groups excluding carboxylic acids is 1. The van der Waals surface area contributed by atoms with E-state index in [1.165, 1.54) is 22.6 Å². The Balaban J connectivity index is 1.75. The van der Waals surface area contributed by atoms with E-state index in [-0.39, 0.29) is 23.4 Å². The molecular formula is C19H23N3O4S. The molecule has 0 bridgehead atoms. The van der Waals surface area contributed by atoms with E-state index >= 15 is 0 Å². The number of benzene rings is 1. The lowest BCUT2D eigenvalue weighted by atomic mass is 10.1. The van der Waals surface area contributed by atoms with E-state index in [2.05, 4.69) is 5.32 Å². The van der Waals surface area contributed by atoms with Crippen LogP contribution in [0.15, 0.2) is 58.4 Å². The molecule has 0 aliphatic carbocycles. The van der Waals surface area contributed by atoms with Gasteiger partial charge in [0.1, 0.15) is 6.54 Å². The topological polar surface area (TPSA) is 88.5 Å². The molecular weight excluding hydrogens is 366 g/mol. The first-order valence-corrected chi connectivity index (χ1v) is 10.4. The number of hydrogen-bond acceptors (Lipinski definition) is 4. The fourth-order valence-electron chi connectivity index (χ4n) is 3.13. The van der Waals surface area contributed by atoms with E-state index in [4.69, 9.17) is 0 Å². The Labute approximate surface area is 158 Å². The molecule has 1 atom stereocenters. The standard InChI is InChI=1S/C19H23N3O4S/c1-15(16-7-3-2-4-8-16)20-18(23)14-21-13-17(9-10-19(21)24)27(25,26)22-11-5-6-12-22/h2-4,7-10,13,15H,5-6,11-12,14H2,1H3,(H,20,23). The third-order valence-electron chi connectivity index (χ3n) is 4.65. The maximum absolute atomic E-state index is 12.7. The maximum atomic E-state index is 12.7. The molecule has 0 radical (unpaired) electrons. The molecule has 1 aromatic carbocycles. The third-order valence-corrected chi connectivity index (χ3v) is 6.53. The highest BCUT2D eigenvalue weighted by molar-refractivity contribution is 7.89. The fraction of sp³-hybridized carbons (Fsp3) is 0.368. The van der Waals surface area contributed by atoms with E-state index in [0.717, 1.165) is 23.0 Å². The minimum absolute atomic E-state index is 0.0351. The average Bonchev–Trinajstić information content (AvgIpc) is 3.19. The third kappa shape index (κ3) is 4.45. The average molecular weight is 389 g/mol. The second-order valence-electron chi connectivity index (χ2n) is 6.64. The number of sulfonamides is 1. The van der Waals surface area contributed by atoms with Crippen molar-refractivity contribution < 1.29 is 13.2 Å². The monoisotopic (exact) mass is 389 g/mol. The van der Waals surface area contributed by atoms with Crippen molar-refractivity contribution in [1.82, 2.24) is 14.2 Å². The molecule has 1 N–H and O–H groups in total. The van der Waals surface area contributed by atoms with Gasteiger partial charge >= 0.3 is 0 Å². The number of amides is 1. The van der Waals surface area contributed by atoms with E-state index in [0.29, 0.717) is 13.1 Å². The molecule has 3 rings (SSSR count).